The molecule has 1 saturated heterocycles. The lowest BCUT2D eigenvalue weighted by molar-refractivity contribution is -0.133. The van der Waals surface area contributed by atoms with E-state index < -0.39 is 0 Å². The third kappa shape index (κ3) is 6.02. The van der Waals surface area contributed by atoms with Crippen molar-refractivity contribution in [1.29, 1.82) is 0 Å². The van der Waals surface area contributed by atoms with Gasteiger partial charge in [-0.2, -0.15) is 0 Å². The van der Waals surface area contributed by atoms with E-state index in [1.54, 1.807) is 12.1 Å². The number of anilines is 2. The van der Waals surface area contributed by atoms with Gasteiger partial charge in [0.05, 0.1) is 0 Å². The zero-order valence-corrected chi connectivity index (χ0v) is 16.9. The topological polar surface area (TPSA) is 55.9 Å². The summed E-state index contributed by atoms with van der Waals surface area (Å²) in [6.45, 7) is 5.65. The highest BCUT2D eigenvalue weighted by molar-refractivity contribution is 5.94. The molecule has 6 nitrogen and oxygen atoms in total. The minimum Gasteiger partial charge on any atom is -0.369 e. The number of hydrogen-bond donors (Lipinski definition) is 1. The summed E-state index contributed by atoms with van der Waals surface area (Å²) in [6, 6.07) is 13.7. The number of halogens is 1. The molecule has 1 fully saturated rings. The normalized spacial score (nSPS) is 14.5. The van der Waals surface area contributed by atoms with E-state index in [0.717, 1.165) is 37.4 Å². The maximum atomic E-state index is 13.0. The number of benzene rings is 2. The summed E-state index contributed by atoms with van der Waals surface area (Å²) in [5.74, 6) is -0.814. The quantitative estimate of drug-likeness (QED) is 0.813. The molecular formula is C22H27FN4O2. The second kappa shape index (κ2) is 9.52. The Kier molecular flexibility index (Phi) is 6.82. The van der Waals surface area contributed by atoms with Crippen LogP contribution in [0.4, 0.5) is 15.8 Å². The molecule has 0 bridgehead atoms. The van der Waals surface area contributed by atoms with Gasteiger partial charge in [-0.1, -0.05) is 12.1 Å². The number of likely N-dealkylation sites (N-methyl/N-ethyl adjacent to an activating group) is 1. The maximum absolute atomic E-state index is 13.0. The van der Waals surface area contributed by atoms with Crippen LogP contribution in [-0.4, -0.2) is 61.4 Å². The molecule has 0 atom stereocenters. The molecule has 3 rings (SSSR count). The number of nitrogens with one attached hydrogen (secondary N) is 1. The molecule has 1 aliphatic heterocycles. The van der Waals surface area contributed by atoms with Crippen molar-refractivity contribution in [2.45, 2.75) is 13.5 Å². The van der Waals surface area contributed by atoms with Crippen LogP contribution in [0.2, 0.25) is 0 Å². The molecule has 29 heavy (non-hydrogen) atoms. The van der Waals surface area contributed by atoms with Crippen molar-refractivity contribution in [1.82, 2.24) is 9.80 Å². The molecule has 1 heterocycles. The van der Waals surface area contributed by atoms with Crippen molar-refractivity contribution in [2.24, 2.45) is 0 Å². The highest BCUT2D eigenvalue weighted by Gasteiger charge is 2.16. The van der Waals surface area contributed by atoms with Gasteiger partial charge in [0, 0.05) is 51.0 Å². The number of hydrogen-bond acceptors (Lipinski definition) is 4. The lowest BCUT2D eigenvalue weighted by Crippen LogP contribution is -2.44. The molecule has 0 unspecified atom stereocenters. The largest absolute Gasteiger partial charge is 0.369 e. The van der Waals surface area contributed by atoms with Crippen molar-refractivity contribution >= 4 is 23.2 Å². The van der Waals surface area contributed by atoms with E-state index >= 15 is 0 Å². The van der Waals surface area contributed by atoms with Crippen LogP contribution in [0.5, 0.6) is 0 Å². The van der Waals surface area contributed by atoms with Crippen LogP contribution in [0.15, 0.2) is 48.5 Å². The molecule has 154 valence electrons. The average molecular weight is 398 g/mol. The van der Waals surface area contributed by atoms with Crippen LogP contribution in [0.3, 0.4) is 0 Å². The molecule has 0 radical (unpaired) electrons. The highest BCUT2D eigenvalue weighted by atomic mass is 19.1. The molecule has 1 N–H and O–H groups in total. The van der Waals surface area contributed by atoms with Gasteiger partial charge in [-0.05, 0) is 49.0 Å². The fraction of sp³-hybridized carbons (Fsp3) is 0.364. The van der Waals surface area contributed by atoms with Gasteiger partial charge in [0.1, 0.15) is 12.4 Å². The van der Waals surface area contributed by atoms with Gasteiger partial charge in [0.25, 0.3) is 0 Å². The van der Waals surface area contributed by atoms with Crippen molar-refractivity contribution in [3.63, 3.8) is 0 Å². The minimum atomic E-state index is -0.333. The summed E-state index contributed by atoms with van der Waals surface area (Å²) in [4.78, 5) is 30.4. The Hall–Kier alpha value is -2.93. The summed E-state index contributed by atoms with van der Waals surface area (Å²) < 4.78 is 13.0. The van der Waals surface area contributed by atoms with E-state index in [9.17, 15) is 14.0 Å². The van der Waals surface area contributed by atoms with Crippen molar-refractivity contribution in [3.8, 4) is 0 Å². The minimum absolute atomic E-state index is 0.0626. The summed E-state index contributed by atoms with van der Waals surface area (Å²) in [6.07, 6.45) is 0. The molecule has 1 aliphatic rings. The van der Waals surface area contributed by atoms with Gasteiger partial charge in [0.15, 0.2) is 0 Å². The molecule has 7 heteroatoms. The second-order valence-corrected chi connectivity index (χ2v) is 7.39. The average Bonchev–Trinajstić information content (AvgIpc) is 2.70. The van der Waals surface area contributed by atoms with Crippen LogP contribution in [0.25, 0.3) is 0 Å². The Bertz CT molecular complexity index is 831. The third-order valence-electron chi connectivity index (χ3n) is 5.09. The van der Waals surface area contributed by atoms with Gasteiger partial charge in [-0.3, -0.25) is 9.59 Å². The second-order valence-electron chi connectivity index (χ2n) is 7.39. The number of carbonyl (C=O) groups is 2. The highest BCUT2D eigenvalue weighted by Crippen LogP contribution is 2.19. The lowest BCUT2D eigenvalue weighted by Gasteiger charge is -2.34. The zero-order chi connectivity index (χ0) is 20.8. The first-order chi connectivity index (χ1) is 13.9. The van der Waals surface area contributed by atoms with E-state index in [-0.39, 0.29) is 30.7 Å². The van der Waals surface area contributed by atoms with E-state index in [1.807, 2.05) is 24.3 Å². The predicted molar refractivity (Wildman–Crippen MR) is 112 cm³/mol. The first-order valence-corrected chi connectivity index (χ1v) is 9.74. The van der Waals surface area contributed by atoms with Crippen molar-refractivity contribution < 1.29 is 14.0 Å². The summed E-state index contributed by atoms with van der Waals surface area (Å²) in [5, 5.41) is 2.84. The Balaban J connectivity index is 1.55. The van der Waals surface area contributed by atoms with Gasteiger partial charge in [-0.25, -0.2) is 4.39 Å². The van der Waals surface area contributed by atoms with Gasteiger partial charge >= 0.3 is 0 Å². The molecule has 2 amide bonds. The molecular weight excluding hydrogens is 371 g/mol. The molecule has 2 aromatic rings. The number of piperazine rings is 1. The zero-order valence-electron chi connectivity index (χ0n) is 16.9. The van der Waals surface area contributed by atoms with E-state index in [4.69, 9.17) is 0 Å². The Morgan fingerprint density at radius 3 is 2.21 bits per heavy atom. The van der Waals surface area contributed by atoms with E-state index in [2.05, 4.69) is 22.2 Å². The van der Waals surface area contributed by atoms with Crippen LogP contribution in [0.1, 0.15) is 12.5 Å². The predicted octanol–water partition coefficient (Wildman–Crippen LogP) is 2.56. The van der Waals surface area contributed by atoms with Crippen LogP contribution < -0.4 is 10.2 Å². The number of nitrogens with zero attached hydrogens (tertiary/aromatic N) is 3. The smallest absolute Gasteiger partial charge is 0.244 e. The van der Waals surface area contributed by atoms with Crippen molar-refractivity contribution in [3.05, 3.63) is 59.9 Å². The fourth-order valence-corrected chi connectivity index (χ4v) is 3.28. The molecule has 0 aliphatic carbocycles. The van der Waals surface area contributed by atoms with Crippen LogP contribution in [-0.2, 0) is 16.1 Å². The van der Waals surface area contributed by atoms with Gasteiger partial charge in [-0.15, -0.1) is 0 Å². The SMILES string of the molecule is CC(=O)N(CC(=O)Nc1ccc(N2CCN(C)CC2)cc1)Cc1ccc(F)cc1. The van der Waals surface area contributed by atoms with Gasteiger partial charge < -0.3 is 20.0 Å². The Morgan fingerprint density at radius 1 is 1.00 bits per heavy atom. The summed E-state index contributed by atoms with van der Waals surface area (Å²) >= 11 is 0. The maximum Gasteiger partial charge on any atom is 0.244 e. The molecule has 0 saturated carbocycles. The van der Waals surface area contributed by atoms with E-state index in [1.165, 1.54) is 24.0 Å². The standard InChI is InChI=1S/C22H27FN4O2/c1-17(28)27(15-18-3-5-19(23)6-4-18)16-22(29)24-20-7-9-21(10-8-20)26-13-11-25(2)12-14-26/h3-10H,11-16H2,1-2H3,(H,24,29). The van der Waals surface area contributed by atoms with Crippen LogP contribution >= 0.6 is 0 Å². The number of carbonyl (C=O) groups excluding carboxylic acids is 2. The summed E-state index contributed by atoms with van der Waals surface area (Å²) in [5.41, 5.74) is 2.60. The monoisotopic (exact) mass is 398 g/mol. The van der Waals surface area contributed by atoms with Gasteiger partial charge in [0.2, 0.25) is 11.8 Å². The molecule has 0 aromatic heterocycles. The first kappa shape index (κ1) is 20.8. The lowest BCUT2D eigenvalue weighted by atomic mass is 10.2. The summed E-state index contributed by atoms with van der Waals surface area (Å²) in [7, 11) is 2.12. The third-order valence-corrected chi connectivity index (χ3v) is 5.09. The molecule has 0 spiro atoms. The first-order valence-electron chi connectivity index (χ1n) is 9.74. The van der Waals surface area contributed by atoms with Crippen molar-refractivity contribution in [2.75, 3.05) is 50.0 Å². The Morgan fingerprint density at radius 2 is 1.62 bits per heavy atom. The fourth-order valence-electron chi connectivity index (χ4n) is 3.28. The number of amides is 2. The van der Waals surface area contributed by atoms with Crippen LogP contribution in [0, 0.1) is 5.82 Å². The molecule has 2 aromatic carbocycles. The Labute approximate surface area is 170 Å². The van der Waals surface area contributed by atoms with E-state index in [0.29, 0.717) is 5.69 Å². The number of rotatable bonds is 6.